The van der Waals surface area contributed by atoms with Crippen molar-refractivity contribution in [1.29, 1.82) is 0 Å². The molecule has 1 amide bonds. The molecule has 2 N–H and O–H groups in total. The number of nitrogens with two attached hydrogens (primary N) is 1. The van der Waals surface area contributed by atoms with E-state index in [1.54, 1.807) is 11.9 Å². The van der Waals surface area contributed by atoms with Gasteiger partial charge in [0.1, 0.15) is 5.60 Å². The molecule has 1 fully saturated rings. The third-order valence-corrected chi connectivity index (χ3v) is 4.38. The predicted molar refractivity (Wildman–Crippen MR) is 95.2 cm³/mol. The van der Waals surface area contributed by atoms with E-state index in [-0.39, 0.29) is 12.1 Å². The number of benzene rings is 1. The van der Waals surface area contributed by atoms with Gasteiger partial charge in [0.15, 0.2) is 0 Å². The van der Waals surface area contributed by atoms with E-state index < -0.39 is 5.60 Å². The first-order chi connectivity index (χ1) is 10.6. The summed E-state index contributed by atoms with van der Waals surface area (Å²) in [5, 5.41) is 0.564. The van der Waals surface area contributed by atoms with Crippen molar-refractivity contribution in [3.63, 3.8) is 0 Å². The highest BCUT2D eigenvalue weighted by Gasteiger charge is 2.31. The van der Waals surface area contributed by atoms with Gasteiger partial charge in [-0.3, -0.25) is 0 Å². The lowest BCUT2D eigenvalue weighted by Crippen LogP contribution is -2.42. The van der Waals surface area contributed by atoms with Crippen molar-refractivity contribution in [2.24, 2.45) is 0 Å². The Morgan fingerprint density at radius 3 is 2.70 bits per heavy atom. The molecule has 1 aromatic carbocycles. The van der Waals surface area contributed by atoms with Crippen LogP contribution in [0.4, 0.5) is 16.2 Å². The number of carbonyl (C=O) groups excluding carboxylic acids is 1. The normalized spacial score (nSPS) is 18.2. The van der Waals surface area contributed by atoms with Gasteiger partial charge in [-0.2, -0.15) is 0 Å². The molecule has 1 aliphatic heterocycles. The van der Waals surface area contributed by atoms with Gasteiger partial charge in [-0.25, -0.2) is 4.79 Å². The molecular formula is C17H26ClN3O2. The second-order valence-corrected chi connectivity index (χ2v) is 7.55. The van der Waals surface area contributed by atoms with E-state index in [1.807, 2.05) is 39.8 Å². The molecule has 1 aliphatic rings. The summed E-state index contributed by atoms with van der Waals surface area (Å²) in [6.07, 6.45) is 0.619. The molecule has 6 heteroatoms. The van der Waals surface area contributed by atoms with Crippen LogP contribution in [0.25, 0.3) is 0 Å². The zero-order valence-corrected chi connectivity index (χ0v) is 15.3. The Morgan fingerprint density at radius 1 is 1.43 bits per heavy atom. The monoisotopic (exact) mass is 339 g/mol. The second kappa shape index (κ2) is 6.48. The van der Waals surface area contributed by atoms with Gasteiger partial charge < -0.3 is 20.3 Å². The van der Waals surface area contributed by atoms with Crippen LogP contribution in [0.3, 0.4) is 0 Å². The summed E-state index contributed by atoms with van der Waals surface area (Å²) in [4.78, 5) is 16.1. The Bertz CT molecular complexity index is 598. The number of amides is 1. The summed E-state index contributed by atoms with van der Waals surface area (Å²) in [5.41, 5.74) is 8.12. The van der Waals surface area contributed by atoms with Crippen molar-refractivity contribution in [2.75, 3.05) is 30.8 Å². The number of nitrogens with zero attached hydrogens (tertiary/aromatic N) is 2. The molecule has 2 rings (SSSR count). The molecule has 1 atom stereocenters. The van der Waals surface area contributed by atoms with E-state index in [1.165, 1.54) is 0 Å². The Kier molecular flexibility index (Phi) is 4.99. The highest BCUT2D eigenvalue weighted by Crippen LogP contribution is 2.32. The molecule has 0 aliphatic carbocycles. The molecule has 0 saturated carbocycles. The summed E-state index contributed by atoms with van der Waals surface area (Å²) in [7, 11) is 1.80. The minimum Gasteiger partial charge on any atom is -0.444 e. The van der Waals surface area contributed by atoms with Gasteiger partial charge in [0, 0.05) is 25.8 Å². The van der Waals surface area contributed by atoms with Gasteiger partial charge in [-0.05, 0) is 51.8 Å². The lowest BCUT2D eigenvalue weighted by molar-refractivity contribution is 0.0238. The summed E-state index contributed by atoms with van der Waals surface area (Å²) < 4.78 is 5.44. The Hall–Kier alpha value is -1.62. The Balaban J connectivity index is 2.06. The minimum atomic E-state index is -0.481. The van der Waals surface area contributed by atoms with Crippen LogP contribution < -0.4 is 10.6 Å². The first kappa shape index (κ1) is 17.7. The van der Waals surface area contributed by atoms with Crippen LogP contribution in [0.15, 0.2) is 12.1 Å². The number of hydrogen-bond acceptors (Lipinski definition) is 4. The minimum absolute atomic E-state index is 0.126. The summed E-state index contributed by atoms with van der Waals surface area (Å²) in [5.74, 6) is 0. The molecule has 1 saturated heterocycles. The van der Waals surface area contributed by atoms with Gasteiger partial charge in [-0.15, -0.1) is 0 Å². The molecular weight excluding hydrogens is 314 g/mol. The third-order valence-electron chi connectivity index (χ3n) is 4.05. The van der Waals surface area contributed by atoms with Gasteiger partial charge in [0.05, 0.1) is 16.8 Å². The quantitative estimate of drug-likeness (QED) is 0.835. The summed E-state index contributed by atoms with van der Waals surface area (Å²) >= 11 is 6.15. The lowest BCUT2D eigenvalue weighted by atomic mass is 10.1. The van der Waals surface area contributed by atoms with E-state index in [9.17, 15) is 4.79 Å². The first-order valence-electron chi connectivity index (χ1n) is 7.85. The van der Waals surface area contributed by atoms with Gasteiger partial charge in [0.25, 0.3) is 0 Å². The van der Waals surface area contributed by atoms with E-state index in [4.69, 9.17) is 22.1 Å². The number of nitrogen functional groups attached to an aromatic ring is 1. The molecule has 23 heavy (non-hydrogen) atoms. The van der Waals surface area contributed by atoms with Gasteiger partial charge in [0.2, 0.25) is 0 Å². The number of hydrogen-bond donors (Lipinski definition) is 1. The molecule has 1 unspecified atom stereocenters. The Labute approximate surface area is 143 Å². The fourth-order valence-electron chi connectivity index (χ4n) is 2.79. The third kappa shape index (κ3) is 4.22. The fraction of sp³-hybridized carbons (Fsp3) is 0.588. The van der Waals surface area contributed by atoms with Crippen LogP contribution >= 0.6 is 11.6 Å². The zero-order chi connectivity index (χ0) is 17.4. The van der Waals surface area contributed by atoms with E-state index >= 15 is 0 Å². The molecule has 0 spiro atoms. The summed E-state index contributed by atoms with van der Waals surface area (Å²) in [6, 6.07) is 3.92. The molecule has 5 nitrogen and oxygen atoms in total. The SMILES string of the molecule is Cc1cc(N)c(Cl)cc1N1CCC(N(C)C(=O)OC(C)(C)C)C1. The van der Waals surface area contributed by atoms with Crippen molar-refractivity contribution in [3.8, 4) is 0 Å². The Morgan fingerprint density at radius 2 is 2.09 bits per heavy atom. The van der Waals surface area contributed by atoms with Crippen LogP contribution in [0, 0.1) is 6.92 Å². The average molecular weight is 340 g/mol. The standard InChI is InChI=1S/C17H26ClN3O2/c1-11-8-14(19)13(18)9-15(11)21-7-6-12(10-21)20(5)16(22)23-17(2,3)4/h8-9,12H,6-7,10,19H2,1-5H3. The smallest absolute Gasteiger partial charge is 0.410 e. The number of rotatable bonds is 2. The number of likely N-dealkylation sites (N-methyl/N-ethyl adjacent to an activating group) is 1. The highest BCUT2D eigenvalue weighted by molar-refractivity contribution is 6.33. The maximum Gasteiger partial charge on any atom is 0.410 e. The number of halogens is 1. The van der Waals surface area contributed by atoms with Crippen molar-refractivity contribution >= 4 is 29.1 Å². The van der Waals surface area contributed by atoms with E-state index in [0.29, 0.717) is 10.7 Å². The number of aryl methyl sites for hydroxylation is 1. The van der Waals surface area contributed by atoms with E-state index in [0.717, 1.165) is 30.8 Å². The van der Waals surface area contributed by atoms with Crippen LogP contribution in [0.5, 0.6) is 0 Å². The second-order valence-electron chi connectivity index (χ2n) is 7.14. The van der Waals surface area contributed by atoms with Crippen molar-refractivity contribution in [3.05, 3.63) is 22.7 Å². The molecule has 1 aromatic rings. The number of ether oxygens (including phenoxy) is 1. The van der Waals surface area contributed by atoms with Crippen LogP contribution in [0.2, 0.25) is 5.02 Å². The fourth-order valence-corrected chi connectivity index (χ4v) is 2.95. The molecule has 0 aromatic heterocycles. The number of anilines is 2. The summed E-state index contributed by atoms with van der Waals surface area (Å²) in [6.45, 7) is 9.28. The number of carbonyl (C=O) groups is 1. The van der Waals surface area contributed by atoms with E-state index in [2.05, 4.69) is 4.90 Å². The van der Waals surface area contributed by atoms with Crippen LogP contribution in [-0.4, -0.2) is 42.8 Å². The zero-order valence-electron chi connectivity index (χ0n) is 14.5. The predicted octanol–water partition coefficient (Wildman–Crippen LogP) is 3.68. The van der Waals surface area contributed by atoms with Gasteiger partial charge >= 0.3 is 6.09 Å². The highest BCUT2D eigenvalue weighted by atomic mass is 35.5. The van der Waals surface area contributed by atoms with Crippen molar-refractivity contribution < 1.29 is 9.53 Å². The van der Waals surface area contributed by atoms with Gasteiger partial charge in [-0.1, -0.05) is 11.6 Å². The molecule has 128 valence electrons. The molecule has 0 bridgehead atoms. The van der Waals surface area contributed by atoms with Crippen LogP contribution in [-0.2, 0) is 4.74 Å². The molecule has 0 radical (unpaired) electrons. The van der Waals surface area contributed by atoms with Crippen molar-refractivity contribution in [1.82, 2.24) is 4.90 Å². The maximum absolute atomic E-state index is 12.2. The molecule has 1 heterocycles. The lowest BCUT2D eigenvalue weighted by Gasteiger charge is -2.29. The maximum atomic E-state index is 12.2. The first-order valence-corrected chi connectivity index (χ1v) is 8.22. The largest absolute Gasteiger partial charge is 0.444 e. The topological polar surface area (TPSA) is 58.8 Å². The van der Waals surface area contributed by atoms with Crippen LogP contribution in [0.1, 0.15) is 32.8 Å². The van der Waals surface area contributed by atoms with Crippen molar-refractivity contribution in [2.45, 2.75) is 45.8 Å². The average Bonchev–Trinajstić information content (AvgIpc) is 2.89.